The van der Waals surface area contributed by atoms with Crippen LogP contribution in [0.3, 0.4) is 0 Å². The van der Waals surface area contributed by atoms with Gasteiger partial charge in [0.2, 0.25) is 18.6 Å². The Hall–Kier alpha value is -3.17. The molecule has 8 nitrogen and oxygen atoms in total. The fraction of sp³-hybridized carbons (Fsp3) is 0.414. The summed E-state index contributed by atoms with van der Waals surface area (Å²) in [7, 11) is 0. The quantitative estimate of drug-likeness (QED) is 0.423. The minimum absolute atomic E-state index is 0.108. The summed E-state index contributed by atoms with van der Waals surface area (Å²) < 4.78 is 13.0. The molecule has 3 aromatic rings. The number of amides is 2. The van der Waals surface area contributed by atoms with Crippen LogP contribution in [-0.4, -0.2) is 47.2 Å². The summed E-state index contributed by atoms with van der Waals surface area (Å²) in [4.78, 5) is 28.4. The average molecular weight is 569 g/mol. The summed E-state index contributed by atoms with van der Waals surface area (Å²) in [5.41, 5.74) is 3.07. The molecule has 0 bridgehead atoms. The van der Waals surface area contributed by atoms with E-state index >= 15 is 0 Å². The van der Waals surface area contributed by atoms with Crippen molar-refractivity contribution in [3.63, 3.8) is 0 Å². The number of ether oxygens (including phenoxy) is 2. The molecule has 0 spiro atoms. The van der Waals surface area contributed by atoms with Crippen molar-refractivity contribution in [1.82, 2.24) is 15.1 Å². The molecule has 0 saturated heterocycles. The zero-order chi connectivity index (χ0) is 27.9. The molecule has 0 fully saturated rings. The van der Waals surface area contributed by atoms with E-state index in [0.717, 1.165) is 16.8 Å². The van der Waals surface area contributed by atoms with E-state index in [1.54, 1.807) is 15.6 Å². The average Bonchev–Trinajstić information content (AvgIpc) is 3.48. The smallest absolute Gasteiger partial charge is 0.240 e. The number of hydrogen-bond donors (Lipinski definition) is 1. The zero-order valence-corrected chi connectivity index (χ0v) is 24.4. The van der Waals surface area contributed by atoms with Crippen LogP contribution in [-0.2, 0) is 15.0 Å². The van der Waals surface area contributed by atoms with Crippen molar-refractivity contribution >= 4 is 41.0 Å². The van der Waals surface area contributed by atoms with Crippen LogP contribution in [0.5, 0.6) is 11.5 Å². The maximum absolute atomic E-state index is 13.7. The van der Waals surface area contributed by atoms with Crippen LogP contribution in [0.15, 0.2) is 42.5 Å². The Bertz CT molecular complexity index is 1410. The molecule has 0 unspecified atom stereocenters. The number of thioether (sulfide) groups is 1. The number of aromatic nitrogens is 2. The van der Waals surface area contributed by atoms with Crippen molar-refractivity contribution in [3.8, 4) is 17.2 Å². The predicted molar refractivity (Wildman–Crippen MR) is 154 cm³/mol. The van der Waals surface area contributed by atoms with Gasteiger partial charge in [-0.2, -0.15) is 5.10 Å². The molecule has 1 N–H and O–H groups in total. The van der Waals surface area contributed by atoms with E-state index in [9.17, 15) is 9.59 Å². The summed E-state index contributed by atoms with van der Waals surface area (Å²) >= 11 is 7.92. The summed E-state index contributed by atoms with van der Waals surface area (Å²) in [5, 5.41) is 8.37. The molecule has 2 amide bonds. The highest BCUT2D eigenvalue weighted by Gasteiger charge is 2.40. The summed E-state index contributed by atoms with van der Waals surface area (Å²) in [6.07, 6.45) is 0. The van der Waals surface area contributed by atoms with Gasteiger partial charge < -0.3 is 14.8 Å². The lowest BCUT2D eigenvalue weighted by Gasteiger charge is -2.24. The standard InChI is InChI=1S/C29H33ClN4O4S/c1-17(2)13-31-23(35)14-33-24(36)15-39-26(18-9-10-21-22(11-18)38-16-37-21)25-27(29(3,4)5)32-34(28(25)33)20-8-6-7-19(30)12-20/h6-12,17,26H,13-16H2,1-5H3,(H,31,35)/t26-/m0/s1. The summed E-state index contributed by atoms with van der Waals surface area (Å²) in [6.45, 7) is 11.0. The van der Waals surface area contributed by atoms with Gasteiger partial charge in [-0.05, 0) is 41.8 Å². The van der Waals surface area contributed by atoms with Crippen molar-refractivity contribution in [2.24, 2.45) is 5.92 Å². The Morgan fingerprint density at radius 1 is 1.18 bits per heavy atom. The van der Waals surface area contributed by atoms with Crippen LogP contribution in [0, 0.1) is 5.92 Å². The van der Waals surface area contributed by atoms with Gasteiger partial charge in [0.05, 0.1) is 22.4 Å². The van der Waals surface area contributed by atoms with Crippen LogP contribution in [0.1, 0.15) is 56.7 Å². The highest BCUT2D eigenvalue weighted by Crippen LogP contribution is 2.50. The lowest BCUT2D eigenvalue weighted by molar-refractivity contribution is -0.123. The molecule has 39 heavy (non-hydrogen) atoms. The number of rotatable bonds is 6. The lowest BCUT2D eigenvalue weighted by atomic mass is 9.87. The van der Waals surface area contributed by atoms with Crippen LogP contribution in [0.25, 0.3) is 5.69 Å². The van der Waals surface area contributed by atoms with Crippen molar-refractivity contribution in [2.45, 2.75) is 45.3 Å². The number of nitrogens with zero attached hydrogens (tertiary/aromatic N) is 3. The fourth-order valence-corrected chi connectivity index (χ4v) is 6.09. The Labute approximate surface area is 238 Å². The largest absolute Gasteiger partial charge is 0.454 e. The second-order valence-corrected chi connectivity index (χ2v) is 12.7. The maximum Gasteiger partial charge on any atom is 0.240 e. The van der Waals surface area contributed by atoms with E-state index in [1.165, 1.54) is 11.8 Å². The highest BCUT2D eigenvalue weighted by molar-refractivity contribution is 8.00. The van der Waals surface area contributed by atoms with Gasteiger partial charge in [-0.3, -0.25) is 14.5 Å². The number of carbonyl (C=O) groups excluding carboxylic acids is 2. The molecule has 0 saturated carbocycles. The van der Waals surface area contributed by atoms with E-state index < -0.39 is 0 Å². The van der Waals surface area contributed by atoms with Gasteiger partial charge in [0.15, 0.2) is 11.5 Å². The Morgan fingerprint density at radius 3 is 2.67 bits per heavy atom. The third-order valence-corrected chi connectivity index (χ3v) is 8.05. The maximum atomic E-state index is 13.7. The van der Waals surface area contributed by atoms with Crippen molar-refractivity contribution in [3.05, 3.63) is 64.3 Å². The van der Waals surface area contributed by atoms with Crippen molar-refractivity contribution < 1.29 is 19.1 Å². The van der Waals surface area contributed by atoms with Gasteiger partial charge in [0.25, 0.3) is 0 Å². The normalized spacial score (nSPS) is 16.8. The first-order valence-electron chi connectivity index (χ1n) is 13.0. The third-order valence-electron chi connectivity index (χ3n) is 6.56. The first-order valence-corrected chi connectivity index (χ1v) is 14.4. The summed E-state index contributed by atoms with van der Waals surface area (Å²) in [6, 6.07) is 13.3. The second kappa shape index (κ2) is 10.8. The zero-order valence-electron chi connectivity index (χ0n) is 22.8. The molecule has 1 atom stereocenters. The SMILES string of the molecule is CC(C)CNC(=O)CN1C(=O)CS[C@@H](c2ccc3c(c2)OCO3)c2c(C(C)(C)C)nn(-c3cccc(Cl)c3)c21. The fourth-order valence-electron chi connectivity index (χ4n) is 4.72. The summed E-state index contributed by atoms with van der Waals surface area (Å²) in [5.74, 6) is 2.07. The van der Waals surface area contributed by atoms with E-state index in [2.05, 4.69) is 26.1 Å². The Kier molecular flexibility index (Phi) is 7.57. The van der Waals surface area contributed by atoms with Crippen LogP contribution >= 0.6 is 23.4 Å². The molecule has 2 aromatic carbocycles. The number of benzene rings is 2. The van der Waals surface area contributed by atoms with Crippen LogP contribution in [0.2, 0.25) is 5.02 Å². The molecule has 10 heteroatoms. The van der Waals surface area contributed by atoms with E-state index in [1.807, 2.05) is 50.2 Å². The van der Waals surface area contributed by atoms with Crippen molar-refractivity contribution in [1.29, 1.82) is 0 Å². The van der Waals surface area contributed by atoms with Gasteiger partial charge in [-0.1, -0.05) is 58.4 Å². The predicted octanol–water partition coefficient (Wildman–Crippen LogP) is 5.49. The van der Waals surface area contributed by atoms with Crippen LogP contribution in [0.4, 0.5) is 5.82 Å². The monoisotopic (exact) mass is 568 g/mol. The van der Waals surface area contributed by atoms with E-state index in [-0.39, 0.29) is 41.6 Å². The molecule has 206 valence electrons. The minimum atomic E-state index is -0.359. The number of anilines is 1. The molecule has 0 aliphatic carbocycles. The number of nitrogens with one attached hydrogen (secondary N) is 1. The Balaban J connectivity index is 1.72. The topological polar surface area (TPSA) is 85.7 Å². The van der Waals surface area contributed by atoms with Gasteiger partial charge in [-0.25, -0.2) is 4.68 Å². The molecule has 3 heterocycles. The van der Waals surface area contributed by atoms with E-state index in [4.69, 9.17) is 26.2 Å². The number of carbonyl (C=O) groups is 2. The Morgan fingerprint density at radius 2 is 1.95 bits per heavy atom. The number of halogens is 1. The first-order chi connectivity index (χ1) is 18.5. The molecule has 2 aliphatic heterocycles. The molecule has 2 aliphatic rings. The van der Waals surface area contributed by atoms with Gasteiger partial charge >= 0.3 is 0 Å². The van der Waals surface area contributed by atoms with Crippen LogP contribution < -0.4 is 19.7 Å². The number of fused-ring (bicyclic) bond motifs is 2. The molecule has 0 radical (unpaired) electrons. The van der Waals surface area contributed by atoms with Gasteiger partial charge in [0, 0.05) is 22.5 Å². The molecular weight excluding hydrogens is 536 g/mol. The molecule has 1 aromatic heterocycles. The van der Waals surface area contributed by atoms with E-state index in [0.29, 0.717) is 40.5 Å². The minimum Gasteiger partial charge on any atom is -0.454 e. The second-order valence-electron chi connectivity index (χ2n) is 11.2. The lowest BCUT2D eigenvalue weighted by Crippen LogP contribution is -2.43. The van der Waals surface area contributed by atoms with Gasteiger partial charge in [0.1, 0.15) is 12.4 Å². The third kappa shape index (κ3) is 5.61. The highest BCUT2D eigenvalue weighted by atomic mass is 35.5. The molecule has 5 rings (SSSR count). The number of hydrogen-bond acceptors (Lipinski definition) is 6. The van der Waals surface area contributed by atoms with Gasteiger partial charge in [-0.15, -0.1) is 11.8 Å². The molecular formula is C29H33ClN4O4S. The van der Waals surface area contributed by atoms with Crippen molar-refractivity contribution in [2.75, 3.05) is 30.5 Å². The first kappa shape index (κ1) is 27.4.